The maximum Gasteiger partial charge on any atom is 0.343 e. The fourth-order valence-electron chi connectivity index (χ4n) is 3.03. The summed E-state index contributed by atoms with van der Waals surface area (Å²) in [5.41, 5.74) is 4.45. The molecule has 3 aromatic carbocycles. The second kappa shape index (κ2) is 12.6. The highest BCUT2D eigenvalue weighted by Gasteiger charge is 2.10. The van der Waals surface area contributed by atoms with Crippen LogP contribution in [0.15, 0.2) is 84.5 Å². The molecule has 0 fully saturated rings. The monoisotopic (exact) mass is 474 g/mol. The first kappa shape index (κ1) is 25.0. The van der Waals surface area contributed by atoms with Gasteiger partial charge in [-0.2, -0.15) is 5.10 Å². The molecule has 8 nitrogen and oxygen atoms in total. The highest BCUT2D eigenvalue weighted by molar-refractivity contribution is 5.91. The molecule has 0 radical (unpaired) electrons. The van der Waals surface area contributed by atoms with Crippen LogP contribution in [0.1, 0.15) is 21.5 Å². The largest absolute Gasteiger partial charge is 0.497 e. The summed E-state index contributed by atoms with van der Waals surface area (Å²) < 4.78 is 21.4. The zero-order valence-electron chi connectivity index (χ0n) is 19.5. The highest BCUT2D eigenvalue weighted by Crippen LogP contribution is 2.28. The number of nitrogens with zero attached hydrogens (tertiary/aromatic N) is 1. The van der Waals surface area contributed by atoms with E-state index in [1.165, 1.54) is 13.3 Å². The van der Waals surface area contributed by atoms with Crippen molar-refractivity contribution >= 4 is 18.1 Å². The molecule has 0 heterocycles. The van der Waals surface area contributed by atoms with Gasteiger partial charge in [0, 0.05) is 0 Å². The Hall–Kier alpha value is -4.59. The Balaban J connectivity index is 1.52. The van der Waals surface area contributed by atoms with Crippen molar-refractivity contribution in [2.24, 2.45) is 5.10 Å². The van der Waals surface area contributed by atoms with Crippen LogP contribution in [0.2, 0.25) is 0 Å². The van der Waals surface area contributed by atoms with Crippen LogP contribution in [0.5, 0.6) is 23.0 Å². The van der Waals surface area contributed by atoms with Gasteiger partial charge in [-0.25, -0.2) is 10.2 Å². The molecule has 0 saturated heterocycles. The fraction of sp³-hybridized carbons (Fsp3) is 0.148. The van der Waals surface area contributed by atoms with E-state index in [0.717, 1.165) is 5.56 Å². The van der Waals surface area contributed by atoms with E-state index in [4.69, 9.17) is 18.9 Å². The Morgan fingerprint density at radius 3 is 2.46 bits per heavy atom. The van der Waals surface area contributed by atoms with Crippen LogP contribution in [0, 0.1) is 0 Å². The summed E-state index contributed by atoms with van der Waals surface area (Å²) in [7, 11) is 3.09. The van der Waals surface area contributed by atoms with Crippen LogP contribution in [0.4, 0.5) is 0 Å². The molecule has 0 unspecified atom stereocenters. The van der Waals surface area contributed by atoms with E-state index in [-0.39, 0.29) is 6.61 Å². The molecule has 35 heavy (non-hydrogen) atoms. The van der Waals surface area contributed by atoms with Crippen molar-refractivity contribution in [2.75, 3.05) is 20.8 Å². The van der Waals surface area contributed by atoms with Crippen LogP contribution in [-0.4, -0.2) is 38.9 Å². The number of hydrazone groups is 1. The van der Waals surface area contributed by atoms with Crippen LogP contribution in [0.25, 0.3) is 0 Å². The fourth-order valence-corrected chi connectivity index (χ4v) is 3.03. The molecule has 0 spiro atoms. The molecular formula is C27H26N2O6. The van der Waals surface area contributed by atoms with Gasteiger partial charge in [-0.1, -0.05) is 24.3 Å². The van der Waals surface area contributed by atoms with Gasteiger partial charge >= 0.3 is 5.97 Å². The van der Waals surface area contributed by atoms with Gasteiger partial charge in [-0.3, -0.25) is 4.79 Å². The number of esters is 1. The summed E-state index contributed by atoms with van der Waals surface area (Å²) in [5, 5.41) is 3.93. The Bertz CT molecular complexity index is 1200. The Morgan fingerprint density at radius 1 is 0.943 bits per heavy atom. The van der Waals surface area contributed by atoms with Crippen LogP contribution in [0.3, 0.4) is 0 Å². The number of carbonyl (C=O) groups excluding carboxylic acids is 2. The smallest absolute Gasteiger partial charge is 0.343 e. The van der Waals surface area contributed by atoms with Crippen molar-refractivity contribution in [1.29, 1.82) is 0 Å². The first-order chi connectivity index (χ1) is 17.0. The molecule has 0 aliphatic rings. The van der Waals surface area contributed by atoms with Gasteiger partial charge in [0.25, 0.3) is 5.91 Å². The van der Waals surface area contributed by atoms with Crippen molar-refractivity contribution in [3.8, 4) is 23.0 Å². The van der Waals surface area contributed by atoms with Crippen molar-refractivity contribution in [1.82, 2.24) is 5.43 Å². The van der Waals surface area contributed by atoms with Gasteiger partial charge in [-0.05, 0) is 66.1 Å². The predicted molar refractivity (Wildman–Crippen MR) is 133 cm³/mol. The van der Waals surface area contributed by atoms with E-state index < -0.39 is 11.9 Å². The van der Waals surface area contributed by atoms with Gasteiger partial charge in [0.2, 0.25) is 0 Å². The quantitative estimate of drug-likeness (QED) is 0.147. The number of methoxy groups -OCH3 is 2. The number of benzene rings is 3. The van der Waals surface area contributed by atoms with Crippen molar-refractivity contribution in [2.45, 2.75) is 6.42 Å². The van der Waals surface area contributed by atoms with Gasteiger partial charge in [0.05, 0.1) is 26.0 Å². The molecule has 1 amide bonds. The summed E-state index contributed by atoms with van der Waals surface area (Å²) in [6.45, 7) is 3.47. The molecular weight excluding hydrogens is 448 g/mol. The molecule has 0 aliphatic carbocycles. The molecule has 0 atom stereocenters. The summed E-state index contributed by atoms with van der Waals surface area (Å²) in [6, 6.07) is 18.8. The van der Waals surface area contributed by atoms with Crippen LogP contribution < -0.4 is 24.4 Å². The number of hydrogen-bond acceptors (Lipinski definition) is 7. The van der Waals surface area contributed by atoms with Crippen LogP contribution >= 0.6 is 0 Å². The zero-order valence-corrected chi connectivity index (χ0v) is 19.5. The van der Waals surface area contributed by atoms with Gasteiger partial charge in [0.15, 0.2) is 18.1 Å². The molecule has 0 aromatic heterocycles. The normalized spacial score (nSPS) is 10.5. The minimum absolute atomic E-state index is 0.242. The molecule has 0 aliphatic heterocycles. The first-order valence-corrected chi connectivity index (χ1v) is 10.7. The lowest BCUT2D eigenvalue weighted by molar-refractivity contribution is -0.123. The number of ether oxygens (including phenoxy) is 4. The van der Waals surface area contributed by atoms with Gasteiger partial charge in [-0.15, -0.1) is 6.58 Å². The lowest BCUT2D eigenvalue weighted by Crippen LogP contribution is -2.24. The molecule has 3 rings (SSSR count). The summed E-state index contributed by atoms with van der Waals surface area (Å²) in [6.07, 6.45) is 3.93. The number of carbonyl (C=O) groups is 2. The van der Waals surface area contributed by atoms with E-state index in [9.17, 15) is 9.59 Å². The van der Waals surface area contributed by atoms with E-state index in [0.29, 0.717) is 40.5 Å². The van der Waals surface area contributed by atoms with Crippen molar-refractivity contribution in [3.63, 3.8) is 0 Å². The second-order valence-electron chi connectivity index (χ2n) is 7.25. The molecule has 0 bridgehead atoms. The van der Waals surface area contributed by atoms with E-state index in [1.54, 1.807) is 67.8 Å². The molecule has 3 aromatic rings. The SMILES string of the molecule is C=CCc1ccc(OCC(=O)N/N=C\c2cccc(OC(=O)c3ccc(OC)cc3)c2)c(OC)c1. The van der Waals surface area contributed by atoms with E-state index in [1.807, 2.05) is 12.1 Å². The van der Waals surface area contributed by atoms with Gasteiger partial charge < -0.3 is 18.9 Å². The minimum Gasteiger partial charge on any atom is -0.497 e. The van der Waals surface area contributed by atoms with E-state index >= 15 is 0 Å². The third-order valence-corrected chi connectivity index (χ3v) is 4.76. The van der Waals surface area contributed by atoms with Crippen molar-refractivity contribution < 1.29 is 28.5 Å². The number of amides is 1. The van der Waals surface area contributed by atoms with Crippen LogP contribution in [-0.2, 0) is 11.2 Å². The topological polar surface area (TPSA) is 95.5 Å². The summed E-state index contributed by atoms with van der Waals surface area (Å²) in [5.74, 6) is 1.03. The average molecular weight is 475 g/mol. The van der Waals surface area contributed by atoms with E-state index in [2.05, 4.69) is 17.1 Å². The lowest BCUT2D eigenvalue weighted by atomic mass is 10.1. The number of allylic oxidation sites excluding steroid dienone is 1. The molecule has 0 saturated carbocycles. The minimum atomic E-state index is -0.500. The highest BCUT2D eigenvalue weighted by atomic mass is 16.5. The third kappa shape index (κ3) is 7.46. The standard InChI is InChI=1S/C27H26N2O6/c1-4-6-19-9-14-24(25(16-19)33-3)34-18-26(30)29-28-17-20-7-5-8-23(15-20)35-27(31)21-10-12-22(32-2)13-11-21/h4-5,7-17H,1,6,18H2,2-3H3,(H,29,30)/b28-17-. The Kier molecular flexibility index (Phi) is 9.01. The Labute approximate surface area is 203 Å². The number of hydrogen-bond donors (Lipinski definition) is 1. The number of rotatable bonds is 11. The second-order valence-corrected chi connectivity index (χ2v) is 7.25. The summed E-state index contributed by atoms with van der Waals surface area (Å²) >= 11 is 0. The molecule has 180 valence electrons. The van der Waals surface area contributed by atoms with Gasteiger partial charge in [0.1, 0.15) is 11.5 Å². The lowest BCUT2D eigenvalue weighted by Gasteiger charge is -2.11. The Morgan fingerprint density at radius 2 is 1.74 bits per heavy atom. The maximum absolute atomic E-state index is 12.3. The average Bonchev–Trinajstić information content (AvgIpc) is 2.88. The zero-order chi connectivity index (χ0) is 25.0. The maximum atomic E-state index is 12.3. The number of nitrogens with one attached hydrogen (secondary N) is 1. The first-order valence-electron chi connectivity index (χ1n) is 10.7. The molecule has 1 N–H and O–H groups in total. The predicted octanol–water partition coefficient (Wildman–Crippen LogP) is 4.18. The third-order valence-electron chi connectivity index (χ3n) is 4.76. The summed E-state index contributed by atoms with van der Waals surface area (Å²) in [4.78, 5) is 24.4. The molecule has 8 heteroatoms. The van der Waals surface area contributed by atoms with Crippen molar-refractivity contribution in [3.05, 3.63) is 96.1 Å².